The molecule has 7 nitrogen and oxygen atoms in total. The molecule has 0 unspecified atom stereocenters. The summed E-state index contributed by atoms with van der Waals surface area (Å²) in [7, 11) is 0. The van der Waals surface area contributed by atoms with Crippen molar-refractivity contribution < 1.29 is 5.11 Å². The molecule has 108 valence electrons. The Bertz CT molecular complexity index is 691. The Morgan fingerprint density at radius 3 is 2.95 bits per heavy atom. The van der Waals surface area contributed by atoms with Gasteiger partial charge in [0.05, 0.1) is 43.1 Å². The first kappa shape index (κ1) is 13.3. The summed E-state index contributed by atoms with van der Waals surface area (Å²) in [5.74, 6) is 0. The zero-order valence-corrected chi connectivity index (χ0v) is 11.4. The molecule has 0 fully saturated rings. The number of aliphatic hydroxyl groups is 1. The number of nitrogens with zero attached hydrogens (tertiary/aromatic N) is 5. The Labute approximate surface area is 121 Å². The summed E-state index contributed by atoms with van der Waals surface area (Å²) in [5, 5.41) is 24.3. The third-order valence-electron chi connectivity index (χ3n) is 3.07. The first-order chi connectivity index (χ1) is 10.4. The van der Waals surface area contributed by atoms with Gasteiger partial charge in [-0.3, -0.25) is 4.68 Å². The Balaban J connectivity index is 1.73. The maximum atomic E-state index is 8.89. The predicted octanol–water partition coefficient (Wildman–Crippen LogP) is 1.07. The average molecular weight is 284 g/mol. The number of aromatic nitrogens is 5. The largest absolute Gasteiger partial charge is 0.394 e. The first-order valence-corrected chi connectivity index (χ1v) is 6.68. The molecule has 0 spiro atoms. The lowest BCUT2D eigenvalue weighted by atomic mass is 10.2. The molecule has 3 rings (SSSR count). The van der Waals surface area contributed by atoms with Gasteiger partial charge in [0.2, 0.25) is 0 Å². The number of hydrogen-bond donors (Lipinski definition) is 2. The number of anilines is 1. The number of para-hydroxylation sites is 2. The van der Waals surface area contributed by atoms with Gasteiger partial charge in [0.25, 0.3) is 0 Å². The number of benzene rings is 1. The molecular formula is C14H16N6O. The van der Waals surface area contributed by atoms with Crippen molar-refractivity contribution in [2.75, 3.05) is 11.9 Å². The molecule has 21 heavy (non-hydrogen) atoms. The molecule has 0 atom stereocenters. The van der Waals surface area contributed by atoms with Crippen LogP contribution in [-0.4, -0.2) is 36.5 Å². The monoisotopic (exact) mass is 284 g/mol. The third-order valence-corrected chi connectivity index (χ3v) is 3.07. The van der Waals surface area contributed by atoms with Crippen LogP contribution in [0.5, 0.6) is 0 Å². The van der Waals surface area contributed by atoms with Gasteiger partial charge < -0.3 is 10.4 Å². The fourth-order valence-corrected chi connectivity index (χ4v) is 2.08. The van der Waals surface area contributed by atoms with Gasteiger partial charge >= 0.3 is 0 Å². The van der Waals surface area contributed by atoms with E-state index < -0.39 is 0 Å². The van der Waals surface area contributed by atoms with Gasteiger partial charge in [-0.15, -0.1) is 5.10 Å². The van der Waals surface area contributed by atoms with Crippen LogP contribution in [0.15, 0.2) is 49.1 Å². The Morgan fingerprint density at radius 2 is 2.14 bits per heavy atom. The summed E-state index contributed by atoms with van der Waals surface area (Å²) in [6, 6.07) is 7.90. The zero-order chi connectivity index (χ0) is 14.5. The minimum atomic E-state index is 0.0870. The van der Waals surface area contributed by atoms with Gasteiger partial charge in [0, 0.05) is 18.3 Å². The lowest BCUT2D eigenvalue weighted by Crippen LogP contribution is -2.05. The maximum absolute atomic E-state index is 8.89. The molecule has 0 saturated carbocycles. The molecule has 0 saturated heterocycles. The summed E-state index contributed by atoms with van der Waals surface area (Å²) in [5.41, 5.74) is 2.97. The van der Waals surface area contributed by atoms with E-state index in [2.05, 4.69) is 20.7 Å². The van der Waals surface area contributed by atoms with Gasteiger partial charge in [-0.2, -0.15) is 5.10 Å². The number of nitrogens with one attached hydrogen (secondary N) is 1. The summed E-state index contributed by atoms with van der Waals surface area (Å²) in [4.78, 5) is 0. The van der Waals surface area contributed by atoms with Gasteiger partial charge in [-0.25, -0.2) is 4.68 Å². The molecule has 7 heteroatoms. The van der Waals surface area contributed by atoms with Crippen LogP contribution >= 0.6 is 0 Å². The molecular weight excluding hydrogens is 268 g/mol. The number of rotatable bonds is 6. The molecule has 2 aromatic heterocycles. The molecule has 0 amide bonds. The van der Waals surface area contributed by atoms with Crippen LogP contribution in [0.4, 0.5) is 5.69 Å². The second-order valence-electron chi connectivity index (χ2n) is 4.55. The van der Waals surface area contributed by atoms with E-state index in [-0.39, 0.29) is 6.61 Å². The third kappa shape index (κ3) is 3.09. The van der Waals surface area contributed by atoms with Crippen molar-refractivity contribution in [3.8, 4) is 5.69 Å². The highest BCUT2D eigenvalue weighted by molar-refractivity contribution is 5.60. The highest BCUT2D eigenvalue weighted by atomic mass is 16.3. The molecule has 1 aromatic carbocycles. The highest BCUT2D eigenvalue weighted by Gasteiger charge is 2.05. The van der Waals surface area contributed by atoms with E-state index >= 15 is 0 Å². The van der Waals surface area contributed by atoms with E-state index in [0.717, 1.165) is 16.9 Å². The van der Waals surface area contributed by atoms with Gasteiger partial charge in [-0.1, -0.05) is 17.3 Å². The predicted molar refractivity (Wildman–Crippen MR) is 78.0 cm³/mol. The molecule has 0 bridgehead atoms. The van der Waals surface area contributed by atoms with Crippen molar-refractivity contribution in [3.63, 3.8) is 0 Å². The van der Waals surface area contributed by atoms with Crippen molar-refractivity contribution in [3.05, 3.63) is 54.6 Å². The van der Waals surface area contributed by atoms with Crippen molar-refractivity contribution in [2.45, 2.75) is 13.1 Å². The van der Waals surface area contributed by atoms with Crippen molar-refractivity contribution in [2.24, 2.45) is 0 Å². The molecule has 0 aliphatic rings. The van der Waals surface area contributed by atoms with Gasteiger partial charge in [0.1, 0.15) is 0 Å². The first-order valence-electron chi connectivity index (χ1n) is 6.68. The molecule has 0 aliphatic carbocycles. The van der Waals surface area contributed by atoms with E-state index in [9.17, 15) is 0 Å². The lowest BCUT2D eigenvalue weighted by molar-refractivity contribution is 0.269. The second kappa shape index (κ2) is 6.19. The maximum Gasteiger partial charge on any atom is 0.0894 e. The van der Waals surface area contributed by atoms with Gasteiger partial charge in [0.15, 0.2) is 0 Å². The van der Waals surface area contributed by atoms with Crippen LogP contribution in [0.2, 0.25) is 0 Å². The quantitative estimate of drug-likeness (QED) is 0.707. The minimum Gasteiger partial charge on any atom is -0.394 e. The smallest absolute Gasteiger partial charge is 0.0894 e. The summed E-state index contributed by atoms with van der Waals surface area (Å²) in [6.45, 7) is 1.25. The Morgan fingerprint density at radius 1 is 1.24 bits per heavy atom. The van der Waals surface area contributed by atoms with Crippen LogP contribution < -0.4 is 5.32 Å². The summed E-state index contributed by atoms with van der Waals surface area (Å²) < 4.78 is 3.44. The van der Waals surface area contributed by atoms with Crippen LogP contribution in [0.3, 0.4) is 0 Å². The second-order valence-corrected chi connectivity index (χ2v) is 4.55. The van der Waals surface area contributed by atoms with Crippen LogP contribution in [0, 0.1) is 0 Å². The van der Waals surface area contributed by atoms with E-state index in [1.165, 1.54) is 0 Å². The van der Waals surface area contributed by atoms with E-state index in [1.807, 2.05) is 30.5 Å². The van der Waals surface area contributed by atoms with Crippen LogP contribution in [0.1, 0.15) is 5.56 Å². The Hall–Kier alpha value is -2.67. The number of hydrogen-bond acceptors (Lipinski definition) is 5. The van der Waals surface area contributed by atoms with Crippen molar-refractivity contribution >= 4 is 5.69 Å². The lowest BCUT2D eigenvalue weighted by Gasteiger charge is -2.10. The van der Waals surface area contributed by atoms with Crippen molar-refractivity contribution in [1.82, 2.24) is 24.8 Å². The van der Waals surface area contributed by atoms with E-state index in [4.69, 9.17) is 5.11 Å². The minimum absolute atomic E-state index is 0.0870. The normalized spacial score (nSPS) is 10.7. The fraction of sp³-hybridized carbons (Fsp3) is 0.214. The molecule has 2 heterocycles. The highest BCUT2D eigenvalue weighted by Crippen LogP contribution is 2.19. The molecule has 0 radical (unpaired) electrons. The van der Waals surface area contributed by atoms with Gasteiger partial charge in [-0.05, 0) is 12.1 Å². The van der Waals surface area contributed by atoms with E-state index in [0.29, 0.717) is 13.1 Å². The zero-order valence-electron chi connectivity index (χ0n) is 11.4. The van der Waals surface area contributed by atoms with E-state index in [1.54, 1.807) is 28.0 Å². The fourth-order valence-electron chi connectivity index (χ4n) is 2.08. The van der Waals surface area contributed by atoms with Crippen molar-refractivity contribution in [1.29, 1.82) is 0 Å². The average Bonchev–Trinajstić information content (AvgIpc) is 3.17. The standard InChI is InChI=1S/C14H16N6O/c21-8-7-19-11-12(10-17-19)9-15-13-3-1-2-4-14(13)20-6-5-16-18-20/h1-6,10-11,15,21H,7-9H2. The van der Waals surface area contributed by atoms with Crippen LogP contribution in [-0.2, 0) is 13.1 Å². The molecule has 0 aliphatic heterocycles. The molecule has 3 aromatic rings. The topological polar surface area (TPSA) is 80.8 Å². The van der Waals surface area contributed by atoms with Crippen LogP contribution in [0.25, 0.3) is 5.69 Å². The molecule has 2 N–H and O–H groups in total. The number of aliphatic hydroxyl groups excluding tert-OH is 1. The summed E-state index contributed by atoms with van der Waals surface area (Å²) >= 11 is 0. The SMILES string of the molecule is OCCn1cc(CNc2ccccc2-n2ccnn2)cn1. The summed E-state index contributed by atoms with van der Waals surface area (Å²) in [6.07, 6.45) is 7.16. The Kier molecular flexibility index (Phi) is 3.92.